The van der Waals surface area contributed by atoms with E-state index in [1.807, 2.05) is 53.4 Å². The Morgan fingerprint density at radius 1 is 1.06 bits per heavy atom. The van der Waals surface area contributed by atoms with Crippen molar-refractivity contribution >= 4 is 17.6 Å². The standard InChI is InChI=1S/C29H36N2O5/c1-35-25-11-10-22(18-26(25)36-2)19-29(14-12-27(33)30-29)15-13-28(34)31-16-6-9-23(20-31)24(32)17-21-7-4-3-5-8-21/h3-5,7-8,10-11,18,23H,6,9,12-17,19-20H2,1-2H3,(H,30,33)/t23-,29-/m1/s1. The molecule has 2 atom stereocenters. The molecule has 2 aromatic rings. The highest BCUT2D eigenvalue weighted by molar-refractivity contribution is 5.85. The average Bonchev–Trinajstić information content (AvgIpc) is 3.27. The van der Waals surface area contributed by atoms with E-state index in [-0.39, 0.29) is 23.5 Å². The molecule has 2 fully saturated rings. The molecule has 0 radical (unpaired) electrons. The first-order chi connectivity index (χ1) is 17.4. The number of methoxy groups -OCH3 is 2. The number of nitrogens with one attached hydrogen (secondary N) is 1. The van der Waals surface area contributed by atoms with Crippen LogP contribution in [0.25, 0.3) is 0 Å². The molecule has 0 spiro atoms. The molecule has 2 aliphatic rings. The first-order valence-electron chi connectivity index (χ1n) is 12.8. The van der Waals surface area contributed by atoms with Gasteiger partial charge in [0.05, 0.1) is 14.2 Å². The molecule has 2 amide bonds. The Morgan fingerprint density at radius 3 is 2.53 bits per heavy atom. The minimum atomic E-state index is -0.468. The number of carbonyl (C=O) groups is 3. The zero-order valence-electron chi connectivity index (χ0n) is 21.3. The van der Waals surface area contributed by atoms with E-state index in [1.54, 1.807) is 14.2 Å². The Kier molecular flexibility index (Phi) is 8.28. The van der Waals surface area contributed by atoms with Gasteiger partial charge in [0, 0.05) is 43.8 Å². The van der Waals surface area contributed by atoms with Crippen molar-refractivity contribution in [3.8, 4) is 11.5 Å². The molecule has 7 nitrogen and oxygen atoms in total. The zero-order valence-corrected chi connectivity index (χ0v) is 21.3. The highest BCUT2D eigenvalue weighted by Gasteiger charge is 2.39. The molecule has 36 heavy (non-hydrogen) atoms. The van der Waals surface area contributed by atoms with E-state index in [1.165, 1.54) is 0 Å². The van der Waals surface area contributed by atoms with Crippen LogP contribution < -0.4 is 14.8 Å². The Balaban J connectivity index is 1.37. The van der Waals surface area contributed by atoms with E-state index in [9.17, 15) is 14.4 Å². The van der Waals surface area contributed by atoms with Gasteiger partial charge >= 0.3 is 0 Å². The van der Waals surface area contributed by atoms with E-state index in [0.717, 1.165) is 24.0 Å². The van der Waals surface area contributed by atoms with E-state index in [0.29, 0.717) is 63.1 Å². The second-order valence-electron chi connectivity index (χ2n) is 10.0. The number of carbonyl (C=O) groups excluding carboxylic acids is 3. The van der Waals surface area contributed by atoms with Gasteiger partial charge in [-0.2, -0.15) is 0 Å². The summed E-state index contributed by atoms with van der Waals surface area (Å²) in [6, 6.07) is 15.5. The summed E-state index contributed by atoms with van der Waals surface area (Å²) in [6.45, 7) is 1.17. The van der Waals surface area contributed by atoms with Crippen molar-refractivity contribution in [3.63, 3.8) is 0 Å². The number of ketones is 1. The molecule has 2 saturated heterocycles. The van der Waals surface area contributed by atoms with E-state index in [2.05, 4.69) is 5.32 Å². The molecule has 0 bridgehead atoms. The van der Waals surface area contributed by atoms with E-state index >= 15 is 0 Å². The van der Waals surface area contributed by atoms with Crippen molar-refractivity contribution in [2.45, 2.75) is 56.9 Å². The number of ether oxygens (including phenoxy) is 2. The average molecular weight is 493 g/mol. The maximum absolute atomic E-state index is 13.2. The number of piperidine rings is 1. The Hall–Kier alpha value is -3.35. The van der Waals surface area contributed by atoms with Crippen LogP contribution in [0.4, 0.5) is 0 Å². The van der Waals surface area contributed by atoms with Gasteiger partial charge in [0.1, 0.15) is 5.78 Å². The molecule has 2 heterocycles. The predicted octanol–water partition coefficient (Wildman–Crippen LogP) is 3.73. The Morgan fingerprint density at radius 2 is 1.83 bits per heavy atom. The second-order valence-corrected chi connectivity index (χ2v) is 10.0. The van der Waals surface area contributed by atoms with Crippen LogP contribution in [-0.4, -0.2) is 55.3 Å². The minimum absolute atomic E-state index is 0.0208. The highest BCUT2D eigenvalue weighted by atomic mass is 16.5. The number of Topliss-reactive ketones (excluding diaryl/α,β-unsaturated/α-hetero) is 1. The van der Waals surface area contributed by atoms with Gasteiger partial charge in [-0.15, -0.1) is 0 Å². The monoisotopic (exact) mass is 492 g/mol. The van der Waals surface area contributed by atoms with Gasteiger partial charge in [0.2, 0.25) is 11.8 Å². The summed E-state index contributed by atoms with van der Waals surface area (Å²) in [5.41, 5.74) is 1.57. The Labute approximate surface area is 213 Å². The lowest BCUT2D eigenvalue weighted by Crippen LogP contribution is -2.46. The summed E-state index contributed by atoms with van der Waals surface area (Å²) in [6.07, 6.45) is 4.74. The van der Waals surface area contributed by atoms with E-state index < -0.39 is 5.54 Å². The van der Waals surface area contributed by atoms with Crippen LogP contribution in [0.5, 0.6) is 11.5 Å². The van der Waals surface area contributed by atoms with Crippen molar-refractivity contribution in [1.82, 2.24) is 10.2 Å². The van der Waals surface area contributed by atoms with Gasteiger partial charge in [0.25, 0.3) is 0 Å². The fourth-order valence-electron chi connectivity index (χ4n) is 5.48. The lowest BCUT2D eigenvalue weighted by Gasteiger charge is -2.34. The summed E-state index contributed by atoms with van der Waals surface area (Å²) >= 11 is 0. The predicted molar refractivity (Wildman–Crippen MR) is 137 cm³/mol. The van der Waals surface area contributed by atoms with Gasteiger partial charge in [-0.3, -0.25) is 14.4 Å². The molecule has 2 aliphatic heterocycles. The third-order valence-corrected chi connectivity index (χ3v) is 7.49. The third-order valence-electron chi connectivity index (χ3n) is 7.49. The van der Waals surface area contributed by atoms with Crippen LogP contribution in [0.1, 0.15) is 49.7 Å². The van der Waals surface area contributed by atoms with Gasteiger partial charge in [-0.1, -0.05) is 36.4 Å². The molecule has 4 rings (SSSR count). The molecule has 192 valence electrons. The van der Waals surface area contributed by atoms with Crippen LogP contribution in [-0.2, 0) is 27.2 Å². The fourth-order valence-corrected chi connectivity index (χ4v) is 5.48. The number of likely N-dealkylation sites (tertiary alicyclic amines) is 1. The Bertz CT molecular complexity index is 1090. The number of hydrogen-bond acceptors (Lipinski definition) is 5. The van der Waals surface area contributed by atoms with Crippen molar-refractivity contribution in [2.75, 3.05) is 27.3 Å². The summed E-state index contributed by atoms with van der Waals surface area (Å²) in [7, 11) is 3.20. The number of hydrogen-bond donors (Lipinski definition) is 1. The summed E-state index contributed by atoms with van der Waals surface area (Å²) in [5.74, 6) is 1.46. The number of nitrogens with zero attached hydrogens (tertiary/aromatic N) is 1. The zero-order chi connectivity index (χ0) is 25.5. The number of amides is 2. The fraction of sp³-hybridized carbons (Fsp3) is 0.483. The smallest absolute Gasteiger partial charge is 0.222 e. The highest BCUT2D eigenvalue weighted by Crippen LogP contribution is 2.34. The molecule has 0 saturated carbocycles. The molecule has 0 aliphatic carbocycles. The number of rotatable bonds is 10. The summed E-state index contributed by atoms with van der Waals surface area (Å²) in [4.78, 5) is 40.1. The number of benzene rings is 2. The molecule has 1 N–H and O–H groups in total. The lowest BCUT2D eigenvalue weighted by atomic mass is 9.84. The maximum Gasteiger partial charge on any atom is 0.222 e. The normalized spacial score (nSPS) is 21.7. The largest absolute Gasteiger partial charge is 0.493 e. The van der Waals surface area contributed by atoms with Crippen molar-refractivity contribution in [3.05, 3.63) is 59.7 Å². The molecule has 0 aromatic heterocycles. The molecule has 7 heteroatoms. The first-order valence-corrected chi connectivity index (χ1v) is 12.8. The van der Waals surface area contributed by atoms with Crippen LogP contribution in [0.3, 0.4) is 0 Å². The summed E-state index contributed by atoms with van der Waals surface area (Å²) in [5, 5.41) is 3.16. The van der Waals surface area contributed by atoms with Crippen molar-refractivity contribution in [2.24, 2.45) is 5.92 Å². The first kappa shape index (κ1) is 25.7. The van der Waals surface area contributed by atoms with E-state index in [4.69, 9.17) is 9.47 Å². The quantitative estimate of drug-likeness (QED) is 0.546. The minimum Gasteiger partial charge on any atom is -0.493 e. The van der Waals surface area contributed by atoms with Crippen molar-refractivity contribution < 1.29 is 23.9 Å². The van der Waals surface area contributed by atoms with Crippen LogP contribution >= 0.6 is 0 Å². The van der Waals surface area contributed by atoms with Crippen LogP contribution in [0.15, 0.2) is 48.5 Å². The van der Waals surface area contributed by atoms with Gasteiger partial charge in [0.15, 0.2) is 11.5 Å². The SMILES string of the molecule is COc1ccc(C[C@]2(CCC(=O)N3CCC[C@@H](C(=O)Cc4ccccc4)C3)CCC(=O)N2)cc1OC. The van der Waals surface area contributed by atoms with Crippen LogP contribution in [0.2, 0.25) is 0 Å². The van der Waals surface area contributed by atoms with Gasteiger partial charge in [-0.05, 0) is 55.4 Å². The van der Waals surface area contributed by atoms with Crippen molar-refractivity contribution in [1.29, 1.82) is 0 Å². The maximum atomic E-state index is 13.2. The van der Waals surface area contributed by atoms with Gasteiger partial charge in [-0.25, -0.2) is 0 Å². The van der Waals surface area contributed by atoms with Crippen LogP contribution in [0, 0.1) is 5.92 Å². The van der Waals surface area contributed by atoms with Gasteiger partial charge < -0.3 is 19.7 Å². The summed E-state index contributed by atoms with van der Waals surface area (Å²) < 4.78 is 10.8. The molecule has 2 aromatic carbocycles. The lowest BCUT2D eigenvalue weighted by molar-refractivity contribution is -0.135. The molecular weight excluding hydrogens is 456 g/mol. The topological polar surface area (TPSA) is 84.9 Å². The third kappa shape index (κ3) is 6.25. The molecule has 0 unspecified atom stereocenters. The second kappa shape index (κ2) is 11.6. The molecular formula is C29H36N2O5.